The highest BCUT2D eigenvalue weighted by atomic mass is 16.6. The molecule has 0 fully saturated rings. The summed E-state index contributed by atoms with van der Waals surface area (Å²) in [5.74, 6) is -0.581. The molecule has 0 radical (unpaired) electrons. The highest BCUT2D eigenvalue weighted by molar-refractivity contribution is 6.17. The lowest BCUT2D eigenvalue weighted by molar-refractivity contribution is -0.147. The molecule has 0 amide bonds. The van der Waals surface area contributed by atoms with Crippen molar-refractivity contribution in [1.82, 2.24) is 0 Å². The van der Waals surface area contributed by atoms with E-state index in [0.29, 0.717) is 24.5 Å². The zero-order valence-corrected chi connectivity index (χ0v) is 16.1. The first-order chi connectivity index (χ1) is 12.6. The Labute approximate surface area is 156 Å². The number of methoxy groups -OCH3 is 1. The Morgan fingerprint density at radius 2 is 1.35 bits per heavy atom. The number of ether oxygens (including phenoxy) is 3. The van der Waals surface area contributed by atoms with Crippen LogP contribution in [0.15, 0.2) is 29.8 Å². The maximum Gasteiger partial charge on any atom is 0.345 e. The molecule has 0 saturated carbocycles. The molecule has 0 aliphatic heterocycles. The summed E-state index contributed by atoms with van der Waals surface area (Å²) in [6.45, 7) is 4.75. The van der Waals surface area contributed by atoms with E-state index in [-0.39, 0.29) is 5.57 Å². The number of hydrogen-bond donors (Lipinski definition) is 0. The first-order valence-corrected chi connectivity index (χ1v) is 9.32. The van der Waals surface area contributed by atoms with Crippen molar-refractivity contribution in [2.24, 2.45) is 0 Å². The summed E-state index contributed by atoms with van der Waals surface area (Å²) in [4.78, 5) is 24.7. The summed E-state index contributed by atoms with van der Waals surface area (Å²) in [5, 5.41) is 0. The van der Waals surface area contributed by atoms with Gasteiger partial charge in [-0.05, 0) is 36.6 Å². The van der Waals surface area contributed by atoms with E-state index in [1.807, 2.05) is 0 Å². The zero-order chi connectivity index (χ0) is 19.2. The molecule has 0 heterocycles. The second kappa shape index (κ2) is 13.0. The van der Waals surface area contributed by atoms with Crippen LogP contribution in [0.4, 0.5) is 0 Å². The molecule has 0 atom stereocenters. The smallest absolute Gasteiger partial charge is 0.345 e. The molecular formula is C21H30O5. The Hall–Kier alpha value is -2.30. The first-order valence-electron chi connectivity index (χ1n) is 9.32. The fourth-order valence-corrected chi connectivity index (χ4v) is 2.26. The van der Waals surface area contributed by atoms with Crippen molar-refractivity contribution >= 4 is 18.0 Å². The number of carbonyl (C=O) groups excluding carboxylic acids is 2. The summed E-state index contributed by atoms with van der Waals surface area (Å²) in [7, 11) is 1.58. The van der Waals surface area contributed by atoms with Gasteiger partial charge in [-0.15, -0.1) is 0 Å². The lowest BCUT2D eigenvalue weighted by atomic mass is 10.1. The molecule has 1 aromatic rings. The summed E-state index contributed by atoms with van der Waals surface area (Å²) in [6, 6.07) is 7.08. The molecule has 26 heavy (non-hydrogen) atoms. The Morgan fingerprint density at radius 3 is 1.77 bits per heavy atom. The quantitative estimate of drug-likeness (QED) is 0.179. The number of benzene rings is 1. The van der Waals surface area contributed by atoms with Gasteiger partial charge in [0.25, 0.3) is 0 Å². The van der Waals surface area contributed by atoms with Crippen LogP contribution in [0.3, 0.4) is 0 Å². The van der Waals surface area contributed by atoms with E-state index in [1.165, 1.54) is 6.08 Å². The van der Waals surface area contributed by atoms with Gasteiger partial charge < -0.3 is 14.2 Å². The Kier molecular flexibility index (Phi) is 10.9. The maximum absolute atomic E-state index is 12.3. The van der Waals surface area contributed by atoms with Crippen molar-refractivity contribution in [2.75, 3.05) is 20.3 Å². The lowest BCUT2D eigenvalue weighted by Crippen LogP contribution is -2.19. The topological polar surface area (TPSA) is 61.8 Å². The number of unbranched alkanes of at least 4 members (excludes halogenated alkanes) is 4. The predicted octanol–water partition coefficient (Wildman–Crippen LogP) is 4.55. The molecule has 0 aliphatic rings. The molecule has 0 saturated heterocycles. The Balaban J connectivity index is 2.83. The molecular weight excluding hydrogens is 332 g/mol. The standard InChI is InChI=1S/C21H30O5/c1-4-6-8-14-25-20(22)19(21(23)26-15-9-7-5-2)16-17-10-12-18(24-3)13-11-17/h10-13,16H,4-9,14-15H2,1-3H3. The van der Waals surface area contributed by atoms with Crippen LogP contribution in [-0.4, -0.2) is 32.3 Å². The van der Waals surface area contributed by atoms with Crippen LogP contribution in [0.1, 0.15) is 57.9 Å². The van der Waals surface area contributed by atoms with Gasteiger partial charge in [0.15, 0.2) is 0 Å². The molecule has 0 unspecified atom stereocenters. The Bertz CT molecular complexity index is 549. The van der Waals surface area contributed by atoms with Gasteiger partial charge in [-0.25, -0.2) is 9.59 Å². The molecule has 1 rings (SSSR count). The number of hydrogen-bond acceptors (Lipinski definition) is 5. The minimum Gasteiger partial charge on any atom is -0.497 e. The van der Waals surface area contributed by atoms with Crippen LogP contribution in [0.5, 0.6) is 5.75 Å². The molecule has 0 spiro atoms. The molecule has 144 valence electrons. The minimum atomic E-state index is -0.641. The molecule has 1 aromatic carbocycles. The summed E-state index contributed by atoms with van der Waals surface area (Å²) in [5.41, 5.74) is 0.625. The molecule has 0 N–H and O–H groups in total. The van der Waals surface area contributed by atoms with Crippen molar-refractivity contribution in [2.45, 2.75) is 52.4 Å². The van der Waals surface area contributed by atoms with E-state index >= 15 is 0 Å². The normalized spacial score (nSPS) is 10.1. The number of rotatable bonds is 12. The number of esters is 2. The van der Waals surface area contributed by atoms with Gasteiger partial charge in [-0.3, -0.25) is 0 Å². The molecule has 5 heteroatoms. The summed E-state index contributed by atoms with van der Waals surface area (Å²) in [6.07, 6.45) is 7.09. The largest absolute Gasteiger partial charge is 0.497 e. The molecule has 5 nitrogen and oxygen atoms in total. The van der Waals surface area contributed by atoms with Gasteiger partial charge >= 0.3 is 11.9 Å². The monoisotopic (exact) mass is 362 g/mol. The highest BCUT2D eigenvalue weighted by Gasteiger charge is 2.21. The van der Waals surface area contributed by atoms with Crippen molar-refractivity contribution < 1.29 is 23.8 Å². The SMILES string of the molecule is CCCCCOC(=O)C(=Cc1ccc(OC)cc1)C(=O)OCCCCC. The average Bonchev–Trinajstić information content (AvgIpc) is 2.66. The second-order valence-corrected chi connectivity index (χ2v) is 6.02. The van der Waals surface area contributed by atoms with Crippen LogP contribution in [0, 0.1) is 0 Å². The van der Waals surface area contributed by atoms with Crippen LogP contribution in [-0.2, 0) is 19.1 Å². The van der Waals surface area contributed by atoms with Gasteiger partial charge in [0.05, 0.1) is 20.3 Å². The van der Waals surface area contributed by atoms with Crippen molar-refractivity contribution in [3.8, 4) is 5.75 Å². The van der Waals surface area contributed by atoms with Crippen molar-refractivity contribution in [1.29, 1.82) is 0 Å². The third kappa shape index (κ3) is 8.19. The Morgan fingerprint density at radius 1 is 0.846 bits per heavy atom. The van der Waals surface area contributed by atoms with E-state index in [2.05, 4.69) is 13.8 Å². The minimum absolute atomic E-state index is 0.0804. The third-order valence-corrected chi connectivity index (χ3v) is 3.83. The van der Waals surface area contributed by atoms with Crippen molar-refractivity contribution in [3.05, 3.63) is 35.4 Å². The third-order valence-electron chi connectivity index (χ3n) is 3.83. The van der Waals surface area contributed by atoms with E-state index in [0.717, 1.165) is 38.5 Å². The van der Waals surface area contributed by atoms with Crippen LogP contribution in [0.25, 0.3) is 6.08 Å². The van der Waals surface area contributed by atoms with E-state index in [9.17, 15) is 9.59 Å². The van der Waals surface area contributed by atoms with Crippen LogP contribution in [0.2, 0.25) is 0 Å². The van der Waals surface area contributed by atoms with Crippen LogP contribution < -0.4 is 4.74 Å². The average molecular weight is 362 g/mol. The van der Waals surface area contributed by atoms with Gasteiger partial charge in [0.1, 0.15) is 11.3 Å². The van der Waals surface area contributed by atoms with Crippen LogP contribution >= 0.6 is 0 Å². The predicted molar refractivity (Wildman–Crippen MR) is 102 cm³/mol. The fourth-order valence-electron chi connectivity index (χ4n) is 2.26. The number of carbonyl (C=O) groups is 2. The van der Waals surface area contributed by atoms with Gasteiger partial charge in [-0.2, -0.15) is 0 Å². The first kappa shape index (κ1) is 21.7. The maximum atomic E-state index is 12.3. The molecule has 0 aliphatic carbocycles. The molecule has 0 aromatic heterocycles. The zero-order valence-electron chi connectivity index (χ0n) is 16.1. The lowest BCUT2D eigenvalue weighted by Gasteiger charge is -2.09. The molecule has 0 bridgehead atoms. The summed E-state index contributed by atoms with van der Waals surface area (Å²) < 4.78 is 15.6. The van der Waals surface area contributed by atoms with Crippen molar-refractivity contribution in [3.63, 3.8) is 0 Å². The fraction of sp³-hybridized carbons (Fsp3) is 0.524. The van der Waals surface area contributed by atoms with E-state index < -0.39 is 11.9 Å². The van der Waals surface area contributed by atoms with Gasteiger partial charge in [0, 0.05) is 0 Å². The summed E-state index contributed by atoms with van der Waals surface area (Å²) >= 11 is 0. The van der Waals surface area contributed by atoms with E-state index in [1.54, 1.807) is 31.4 Å². The highest BCUT2D eigenvalue weighted by Crippen LogP contribution is 2.16. The second-order valence-electron chi connectivity index (χ2n) is 6.02. The van der Waals surface area contributed by atoms with Gasteiger partial charge in [0.2, 0.25) is 0 Å². The van der Waals surface area contributed by atoms with Gasteiger partial charge in [-0.1, -0.05) is 51.7 Å². The van der Waals surface area contributed by atoms with E-state index in [4.69, 9.17) is 14.2 Å².